The third-order valence-electron chi connectivity index (χ3n) is 4.22. The maximum atomic E-state index is 12.9. The number of nitrogens with one attached hydrogen (secondary N) is 2. The van der Waals surface area contributed by atoms with Crippen LogP contribution in [0.5, 0.6) is 5.75 Å². The second-order valence-electron chi connectivity index (χ2n) is 6.46. The fraction of sp³-hybridized carbons (Fsp3) is 0.0909. The Hall–Kier alpha value is -3.92. The normalized spacial score (nSPS) is 10.8. The summed E-state index contributed by atoms with van der Waals surface area (Å²) >= 11 is 0. The van der Waals surface area contributed by atoms with Crippen LogP contribution in [0, 0.1) is 5.82 Å². The molecule has 1 amide bonds. The van der Waals surface area contributed by atoms with E-state index in [4.69, 9.17) is 9.47 Å². The number of carbonyl (C=O) groups excluding carboxylic acids is 2. The van der Waals surface area contributed by atoms with Crippen molar-refractivity contribution in [3.8, 4) is 5.75 Å². The van der Waals surface area contributed by atoms with Gasteiger partial charge in [0.2, 0.25) is 0 Å². The summed E-state index contributed by atoms with van der Waals surface area (Å²) < 4.78 is 50.6. The highest BCUT2D eigenvalue weighted by atomic mass is 32.2. The van der Waals surface area contributed by atoms with Crippen LogP contribution < -0.4 is 14.8 Å². The molecule has 0 fully saturated rings. The minimum atomic E-state index is -3.99. The zero-order valence-corrected chi connectivity index (χ0v) is 17.7. The zero-order chi connectivity index (χ0) is 23.1. The van der Waals surface area contributed by atoms with Gasteiger partial charge in [-0.2, -0.15) is 0 Å². The van der Waals surface area contributed by atoms with E-state index in [1.807, 2.05) is 0 Å². The van der Waals surface area contributed by atoms with Gasteiger partial charge in [-0.25, -0.2) is 17.6 Å². The number of para-hydroxylation sites is 1. The topological polar surface area (TPSA) is 111 Å². The first-order valence-electron chi connectivity index (χ1n) is 9.27. The van der Waals surface area contributed by atoms with E-state index in [9.17, 15) is 22.4 Å². The molecule has 0 radical (unpaired) electrons. The molecule has 0 spiro atoms. The smallest absolute Gasteiger partial charge is 0.340 e. The van der Waals surface area contributed by atoms with Gasteiger partial charge in [-0.05, 0) is 60.7 Å². The molecular formula is C22H19FN2O6S. The summed E-state index contributed by atoms with van der Waals surface area (Å²) in [6.45, 7) is -0.615. The van der Waals surface area contributed by atoms with Gasteiger partial charge >= 0.3 is 5.97 Å². The molecular weight excluding hydrogens is 439 g/mol. The number of carbonyl (C=O) groups is 2. The van der Waals surface area contributed by atoms with Gasteiger partial charge in [0.1, 0.15) is 11.6 Å². The SMILES string of the molecule is COc1ccc(S(=O)(=O)Nc2ccccc2C(=O)OCC(=O)Nc2ccc(F)cc2)cc1. The van der Waals surface area contributed by atoms with Crippen LogP contribution in [0.25, 0.3) is 0 Å². The summed E-state index contributed by atoms with van der Waals surface area (Å²) in [5.74, 6) is -1.50. The summed E-state index contributed by atoms with van der Waals surface area (Å²) in [5, 5.41) is 2.46. The second-order valence-corrected chi connectivity index (χ2v) is 8.14. The molecule has 0 heterocycles. The van der Waals surface area contributed by atoms with E-state index >= 15 is 0 Å². The summed E-state index contributed by atoms with van der Waals surface area (Å²) in [6.07, 6.45) is 0. The molecule has 0 bridgehead atoms. The van der Waals surface area contributed by atoms with E-state index in [1.165, 1.54) is 73.8 Å². The van der Waals surface area contributed by atoms with Crippen LogP contribution in [0.3, 0.4) is 0 Å². The van der Waals surface area contributed by atoms with Crippen molar-refractivity contribution in [1.29, 1.82) is 0 Å². The molecule has 166 valence electrons. The first kappa shape index (κ1) is 22.8. The number of amides is 1. The quantitative estimate of drug-likeness (QED) is 0.501. The molecule has 0 aromatic heterocycles. The van der Waals surface area contributed by atoms with Crippen LogP contribution in [0.15, 0.2) is 77.7 Å². The lowest BCUT2D eigenvalue weighted by Crippen LogP contribution is -2.22. The highest BCUT2D eigenvalue weighted by Gasteiger charge is 2.20. The lowest BCUT2D eigenvalue weighted by atomic mass is 10.2. The number of hydrogen-bond acceptors (Lipinski definition) is 6. The molecule has 0 aliphatic rings. The standard InChI is InChI=1S/C22H19FN2O6S/c1-30-17-10-12-18(13-11-17)32(28,29)25-20-5-3-2-4-19(20)22(27)31-14-21(26)24-16-8-6-15(23)7-9-16/h2-13,25H,14H2,1H3,(H,24,26). The van der Waals surface area contributed by atoms with Crippen LogP contribution in [-0.4, -0.2) is 34.0 Å². The molecule has 0 aliphatic heterocycles. The summed E-state index contributed by atoms with van der Waals surface area (Å²) in [4.78, 5) is 24.4. The van der Waals surface area contributed by atoms with E-state index in [-0.39, 0.29) is 16.1 Å². The third-order valence-corrected chi connectivity index (χ3v) is 5.60. The second kappa shape index (κ2) is 9.92. The fourth-order valence-corrected chi connectivity index (χ4v) is 3.73. The number of esters is 1. The largest absolute Gasteiger partial charge is 0.497 e. The molecule has 0 saturated heterocycles. The van der Waals surface area contributed by atoms with Crippen molar-refractivity contribution in [3.63, 3.8) is 0 Å². The predicted octanol–water partition coefficient (Wildman–Crippen LogP) is 3.43. The van der Waals surface area contributed by atoms with Crippen LogP contribution in [0.2, 0.25) is 0 Å². The number of benzene rings is 3. The fourth-order valence-electron chi connectivity index (χ4n) is 2.65. The van der Waals surface area contributed by atoms with Crippen molar-refractivity contribution >= 4 is 33.3 Å². The van der Waals surface area contributed by atoms with E-state index < -0.39 is 34.3 Å². The average molecular weight is 458 g/mol. The number of hydrogen-bond donors (Lipinski definition) is 2. The van der Waals surface area contributed by atoms with Crippen LogP contribution in [-0.2, 0) is 19.6 Å². The van der Waals surface area contributed by atoms with Crippen molar-refractivity contribution < 1.29 is 31.9 Å². The van der Waals surface area contributed by atoms with E-state index in [0.29, 0.717) is 11.4 Å². The lowest BCUT2D eigenvalue weighted by Gasteiger charge is -2.13. The van der Waals surface area contributed by atoms with Crippen LogP contribution in [0.1, 0.15) is 10.4 Å². The van der Waals surface area contributed by atoms with Gasteiger partial charge in [-0.3, -0.25) is 9.52 Å². The van der Waals surface area contributed by atoms with Gasteiger partial charge in [-0.1, -0.05) is 12.1 Å². The van der Waals surface area contributed by atoms with Crippen molar-refractivity contribution in [2.24, 2.45) is 0 Å². The molecule has 0 saturated carbocycles. The van der Waals surface area contributed by atoms with Gasteiger partial charge in [0.05, 0.1) is 23.3 Å². The molecule has 2 N–H and O–H groups in total. The first-order chi connectivity index (χ1) is 15.3. The van der Waals surface area contributed by atoms with Gasteiger partial charge < -0.3 is 14.8 Å². The lowest BCUT2D eigenvalue weighted by molar-refractivity contribution is -0.119. The number of sulfonamides is 1. The Labute approximate surface area is 184 Å². The minimum Gasteiger partial charge on any atom is -0.497 e. The third kappa shape index (κ3) is 5.82. The number of ether oxygens (including phenoxy) is 2. The predicted molar refractivity (Wildman–Crippen MR) is 116 cm³/mol. The molecule has 3 aromatic rings. The Morgan fingerprint density at radius 2 is 1.59 bits per heavy atom. The monoisotopic (exact) mass is 458 g/mol. The summed E-state index contributed by atoms with van der Waals surface area (Å²) in [7, 11) is -2.53. The van der Waals surface area contributed by atoms with E-state index in [2.05, 4.69) is 10.0 Å². The number of rotatable bonds is 8. The maximum absolute atomic E-state index is 12.9. The van der Waals surface area contributed by atoms with Gasteiger partial charge in [0.15, 0.2) is 6.61 Å². The molecule has 0 aliphatic carbocycles. The van der Waals surface area contributed by atoms with Crippen molar-refractivity contribution in [2.45, 2.75) is 4.90 Å². The van der Waals surface area contributed by atoms with Crippen molar-refractivity contribution in [3.05, 3.63) is 84.2 Å². The zero-order valence-electron chi connectivity index (χ0n) is 16.9. The van der Waals surface area contributed by atoms with Gasteiger partial charge in [-0.15, -0.1) is 0 Å². The number of anilines is 2. The molecule has 0 atom stereocenters. The molecule has 3 rings (SSSR count). The van der Waals surface area contributed by atoms with Gasteiger partial charge in [0.25, 0.3) is 15.9 Å². The van der Waals surface area contributed by atoms with Crippen LogP contribution >= 0.6 is 0 Å². The molecule has 8 nitrogen and oxygen atoms in total. The molecule has 0 unspecified atom stereocenters. The summed E-state index contributed by atoms with van der Waals surface area (Å²) in [5.41, 5.74) is 0.256. The molecule has 10 heteroatoms. The summed E-state index contributed by atoms with van der Waals surface area (Å²) in [6, 6.07) is 16.6. The minimum absolute atomic E-state index is 0.00717. The average Bonchev–Trinajstić information content (AvgIpc) is 2.79. The molecule has 32 heavy (non-hydrogen) atoms. The highest BCUT2D eigenvalue weighted by Crippen LogP contribution is 2.22. The first-order valence-corrected chi connectivity index (χ1v) is 10.8. The van der Waals surface area contributed by atoms with Crippen LogP contribution in [0.4, 0.5) is 15.8 Å². The Bertz CT molecular complexity index is 1210. The van der Waals surface area contributed by atoms with Crippen molar-refractivity contribution in [2.75, 3.05) is 23.8 Å². The Kier molecular flexibility index (Phi) is 7.06. The number of halogens is 1. The highest BCUT2D eigenvalue weighted by molar-refractivity contribution is 7.92. The van der Waals surface area contributed by atoms with Crippen molar-refractivity contribution in [1.82, 2.24) is 0 Å². The number of methoxy groups -OCH3 is 1. The van der Waals surface area contributed by atoms with E-state index in [0.717, 1.165) is 0 Å². The Balaban J connectivity index is 1.67. The molecule has 3 aromatic carbocycles. The Morgan fingerprint density at radius 1 is 0.938 bits per heavy atom. The van der Waals surface area contributed by atoms with Gasteiger partial charge in [0, 0.05) is 5.69 Å². The Morgan fingerprint density at radius 3 is 2.25 bits per heavy atom. The maximum Gasteiger partial charge on any atom is 0.340 e. The van der Waals surface area contributed by atoms with E-state index in [1.54, 1.807) is 6.07 Å².